The molecular weight excluding hydrogens is 414 g/mol. The molecule has 0 unspecified atom stereocenters. The summed E-state index contributed by atoms with van der Waals surface area (Å²) in [6, 6.07) is 21.1. The average Bonchev–Trinajstić information content (AvgIpc) is 2.81. The van der Waals surface area contributed by atoms with E-state index in [1.165, 1.54) is 12.4 Å². The van der Waals surface area contributed by atoms with Crippen LogP contribution in [-0.2, 0) is 0 Å². The second kappa shape index (κ2) is 9.19. The predicted octanol–water partition coefficient (Wildman–Crippen LogP) is 4.87. The van der Waals surface area contributed by atoms with Crippen molar-refractivity contribution in [3.8, 4) is 5.75 Å². The first kappa shape index (κ1) is 20.3. The van der Waals surface area contributed by atoms with Crippen LogP contribution in [0.15, 0.2) is 90.3 Å². The summed E-state index contributed by atoms with van der Waals surface area (Å²) in [6.45, 7) is 0. The lowest BCUT2D eigenvalue weighted by molar-refractivity contribution is 0.0734. The number of aromatic nitrogens is 1. The molecule has 4 rings (SSSR count). The number of nitrogens with one attached hydrogen (secondary N) is 1. The first-order valence-corrected chi connectivity index (χ1v) is 9.73. The van der Waals surface area contributed by atoms with Crippen LogP contribution < -0.4 is 10.2 Å². The molecule has 31 heavy (non-hydrogen) atoms. The van der Waals surface area contributed by atoms with E-state index in [-0.39, 0.29) is 5.56 Å². The van der Waals surface area contributed by atoms with E-state index in [1.807, 2.05) is 30.3 Å². The molecule has 152 valence electrons. The summed E-state index contributed by atoms with van der Waals surface area (Å²) in [5.74, 6) is -0.697. The molecule has 0 atom stereocenters. The molecule has 4 aromatic rings. The SMILES string of the molecule is O=C(N/N=C\c1c(OC(=O)c2ccccc2Cl)ccc2ccccc12)c1cccnc1. The Morgan fingerprint density at radius 3 is 2.58 bits per heavy atom. The summed E-state index contributed by atoms with van der Waals surface area (Å²) in [7, 11) is 0. The number of benzene rings is 3. The summed E-state index contributed by atoms with van der Waals surface area (Å²) in [5, 5.41) is 6.10. The Balaban J connectivity index is 1.65. The molecule has 0 aliphatic heterocycles. The van der Waals surface area contributed by atoms with E-state index in [2.05, 4.69) is 15.5 Å². The van der Waals surface area contributed by atoms with Crippen LogP contribution in [0.3, 0.4) is 0 Å². The van der Waals surface area contributed by atoms with Gasteiger partial charge in [0.1, 0.15) is 5.75 Å². The lowest BCUT2D eigenvalue weighted by Gasteiger charge is -2.11. The third-order valence-electron chi connectivity index (χ3n) is 4.51. The van der Waals surface area contributed by atoms with Crippen LogP contribution in [-0.4, -0.2) is 23.1 Å². The molecular formula is C24H16ClN3O3. The molecule has 3 aromatic carbocycles. The lowest BCUT2D eigenvalue weighted by Crippen LogP contribution is -2.18. The first-order valence-electron chi connectivity index (χ1n) is 9.35. The summed E-state index contributed by atoms with van der Waals surface area (Å²) in [4.78, 5) is 28.8. The largest absolute Gasteiger partial charge is 0.422 e. The van der Waals surface area contributed by atoms with Gasteiger partial charge in [0.15, 0.2) is 0 Å². The molecule has 0 bridgehead atoms. The number of rotatable bonds is 5. The average molecular weight is 430 g/mol. The van der Waals surface area contributed by atoms with E-state index in [4.69, 9.17) is 16.3 Å². The molecule has 1 heterocycles. The van der Waals surface area contributed by atoms with Gasteiger partial charge in [-0.1, -0.05) is 54.1 Å². The maximum atomic E-state index is 12.7. The number of hydrogen-bond donors (Lipinski definition) is 1. The van der Waals surface area contributed by atoms with Gasteiger partial charge >= 0.3 is 5.97 Å². The topological polar surface area (TPSA) is 80.6 Å². The zero-order chi connectivity index (χ0) is 21.6. The highest BCUT2D eigenvalue weighted by molar-refractivity contribution is 6.33. The Hall–Kier alpha value is -4.03. The number of carbonyl (C=O) groups excluding carboxylic acids is 2. The Bertz CT molecular complexity index is 1290. The summed E-state index contributed by atoms with van der Waals surface area (Å²) in [6.07, 6.45) is 4.47. The number of nitrogens with zero attached hydrogens (tertiary/aromatic N) is 2. The zero-order valence-electron chi connectivity index (χ0n) is 16.2. The maximum Gasteiger partial charge on any atom is 0.345 e. The monoisotopic (exact) mass is 429 g/mol. The quantitative estimate of drug-likeness (QED) is 0.212. The van der Waals surface area contributed by atoms with E-state index in [0.717, 1.165) is 10.8 Å². The fraction of sp³-hybridized carbons (Fsp3) is 0. The van der Waals surface area contributed by atoms with Gasteiger partial charge in [-0.2, -0.15) is 5.10 Å². The van der Waals surface area contributed by atoms with Gasteiger partial charge in [-0.15, -0.1) is 0 Å². The number of hydrazone groups is 1. The Kier molecular flexibility index (Phi) is 6.01. The van der Waals surface area contributed by atoms with Gasteiger partial charge in [0.05, 0.1) is 22.4 Å². The fourth-order valence-corrected chi connectivity index (χ4v) is 3.21. The van der Waals surface area contributed by atoms with Gasteiger partial charge in [0.25, 0.3) is 5.91 Å². The van der Waals surface area contributed by atoms with Crippen LogP contribution in [0.1, 0.15) is 26.3 Å². The van der Waals surface area contributed by atoms with E-state index in [9.17, 15) is 9.59 Å². The minimum Gasteiger partial charge on any atom is -0.422 e. The minimum atomic E-state index is -0.588. The minimum absolute atomic E-state index is 0.255. The summed E-state index contributed by atoms with van der Waals surface area (Å²) in [5.41, 5.74) is 3.64. The lowest BCUT2D eigenvalue weighted by atomic mass is 10.0. The van der Waals surface area contributed by atoms with Gasteiger partial charge in [-0.3, -0.25) is 9.78 Å². The number of esters is 1. The van der Waals surface area contributed by atoms with Crippen molar-refractivity contribution in [2.45, 2.75) is 0 Å². The van der Waals surface area contributed by atoms with Crippen LogP contribution in [0.25, 0.3) is 10.8 Å². The number of amides is 1. The smallest absolute Gasteiger partial charge is 0.345 e. The Morgan fingerprint density at radius 1 is 0.968 bits per heavy atom. The number of ether oxygens (including phenoxy) is 1. The molecule has 0 spiro atoms. The predicted molar refractivity (Wildman–Crippen MR) is 120 cm³/mol. The number of hydrogen-bond acceptors (Lipinski definition) is 5. The third-order valence-corrected chi connectivity index (χ3v) is 4.84. The van der Waals surface area contributed by atoms with Crippen molar-refractivity contribution in [3.05, 3.63) is 107 Å². The van der Waals surface area contributed by atoms with Crippen LogP contribution in [0.4, 0.5) is 0 Å². The highest BCUT2D eigenvalue weighted by Gasteiger charge is 2.15. The molecule has 0 aliphatic rings. The van der Waals surface area contributed by atoms with Gasteiger partial charge in [-0.25, -0.2) is 10.2 Å². The number of pyridine rings is 1. The molecule has 7 heteroatoms. The number of carbonyl (C=O) groups is 2. The fourth-order valence-electron chi connectivity index (χ4n) is 3.00. The highest BCUT2D eigenvalue weighted by Crippen LogP contribution is 2.28. The molecule has 0 aliphatic carbocycles. The van der Waals surface area contributed by atoms with Crippen molar-refractivity contribution in [2.75, 3.05) is 0 Å². The van der Waals surface area contributed by atoms with Crippen LogP contribution in [0.2, 0.25) is 5.02 Å². The number of fused-ring (bicyclic) bond motifs is 1. The summed E-state index contributed by atoms with van der Waals surface area (Å²) >= 11 is 6.12. The maximum absolute atomic E-state index is 12.7. The van der Waals surface area contributed by atoms with Crippen molar-refractivity contribution in [1.29, 1.82) is 0 Å². The molecule has 0 saturated carbocycles. The molecule has 1 aromatic heterocycles. The van der Waals surface area contributed by atoms with Gasteiger partial charge in [-0.05, 0) is 41.1 Å². The van der Waals surface area contributed by atoms with Gasteiger partial charge < -0.3 is 4.74 Å². The van der Waals surface area contributed by atoms with Gasteiger partial charge in [0.2, 0.25) is 0 Å². The molecule has 6 nitrogen and oxygen atoms in total. The van der Waals surface area contributed by atoms with E-state index < -0.39 is 11.9 Å². The highest BCUT2D eigenvalue weighted by atomic mass is 35.5. The molecule has 0 radical (unpaired) electrons. The van der Waals surface area contributed by atoms with Crippen molar-refractivity contribution in [3.63, 3.8) is 0 Å². The van der Waals surface area contributed by atoms with Crippen LogP contribution >= 0.6 is 11.6 Å². The van der Waals surface area contributed by atoms with Crippen molar-refractivity contribution in [2.24, 2.45) is 5.10 Å². The van der Waals surface area contributed by atoms with Crippen LogP contribution in [0, 0.1) is 0 Å². The van der Waals surface area contributed by atoms with E-state index in [1.54, 1.807) is 48.7 Å². The third kappa shape index (κ3) is 4.60. The Morgan fingerprint density at radius 2 is 1.77 bits per heavy atom. The summed E-state index contributed by atoms with van der Waals surface area (Å²) < 4.78 is 5.63. The first-order chi connectivity index (χ1) is 15.1. The zero-order valence-corrected chi connectivity index (χ0v) is 16.9. The molecule has 0 fully saturated rings. The van der Waals surface area contributed by atoms with E-state index >= 15 is 0 Å². The second-order valence-corrected chi connectivity index (χ2v) is 6.92. The van der Waals surface area contributed by atoms with Crippen molar-refractivity contribution >= 4 is 40.5 Å². The normalized spacial score (nSPS) is 10.9. The van der Waals surface area contributed by atoms with Crippen molar-refractivity contribution < 1.29 is 14.3 Å². The second-order valence-electron chi connectivity index (χ2n) is 6.51. The number of halogens is 1. The molecule has 0 saturated heterocycles. The Labute approximate surface area is 183 Å². The molecule has 1 amide bonds. The van der Waals surface area contributed by atoms with E-state index in [0.29, 0.717) is 21.9 Å². The van der Waals surface area contributed by atoms with Crippen molar-refractivity contribution in [1.82, 2.24) is 10.4 Å². The standard InChI is InChI=1S/C24H16ClN3O3/c25-21-10-4-3-9-19(21)24(30)31-22-12-11-16-6-1-2-8-18(16)20(22)15-27-28-23(29)17-7-5-13-26-14-17/h1-15H,(H,28,29)/b27-15-. The van der Waals surface area contributed by atoms with Gasteiger partial charge in [0, 0.05) is 18.0 Å². The molecule has 1 N–H and O–H groups in total. The van der Waals surface area contributed by atoms with Crippen LogP contribution in [0.5, 0.6) is 5.75 Å².